The van der Waals surface area contributed by atoms with Crippen molar-refractivity contribution in [1.82, 2.24) is 0 Å². The van der Waals surface area contributed by atoms with Gasteiger partial charge in [0, 0.05) is 28.1 Å². The normalized spacial score (nSPS) is 15.3. The summed E-state index contributed by atoms with van der Waals surface area (Å²) in [7, 11) is 0. The van der Waals surface area contributed by atoms with E-state index in [2.05, 4.69) is 26.1 Å². The van der Waals surface area contributed by atoms with Crippen LogP contribution in [-0.2, 0) is 6.42 Å². The van der Waals surface area contributed by atoms with Crippen LogP contribution in [0.3, 0.4) is 0 Å². The van der Waals surface area contributed by atoms with Gasteiger partial charge in [0.15, 0.2) is 0 Å². The molecule has 0 atom stereocenters. The van der Waals surface area contributed by atoms with Gasteiger partial charge in [-0.15, -0.1) is 0 Å². The molecule has 0 unspecified atom stereocenters. The molecule has 0 radical (unpaired) electrons. The zero-order valence-electron chi connectivity index (χ0n) is 6.96. The number of anilines is 1. The van der Waals surface area contributed by atoms with Gasteiger partial charge < -0.3 is 8.34 Å². The predicted octanol–water partition coefficient (Wildman–Crippen LogP) is 3.11. The number of fused-ring (bicyclic) bond motifs is 3. The molecule has 0 spiro atoms. The second kappa shape index (κ2) is 2.51. The van der Waals surface area contributed by atoms with E-state index in [1.54, 1.807) is 6.26 Å². The summed E-state index contributed by atoms with van der Waals surface area (Å²) in [6, 6.07) is 6.20. The average Bonchev–Trinajstić information content (AvgIpc) is 2.70. The highest BCUT2D eigenvalue weighted by Crippen LogP contribution is 2.37. The third kappa shape index (κ3) is 0.936. The second-order valence-electron chi connectivity index (χ2n) is 3.24. The van der Waals surface area contributed by atoms with E-state index in [9.17, 15) is 0 Å². The maximum atomic E-state index is 5.34. The van der Waals surface area contributed by atoms with E-state index in [0.29, 0.717) is 0 Å². The molecule has 2 nitrogen and oxygen atoms in total. The molecule has 1 aromatic heterocycles. The second-order valence-corrected chi connectivity index (χ2v) is 4.10. The lowest BCUT2D eigenvalue weighted by atomic mass is 10.1. The van der Waals surface area contributed by atoms with Gasteiger partial charge in [-0.25, -0.2) is 0 Å². The van der Waals surface area contributed by atoms with Crippen LogP contribution in [0.25, 0.3) is 11.0 Å². The van der Waals surface area contributed by atoms with E-state index in [-0.39, 0.29) is 0 Å². The SMILES string of the molecule is BrN1CCc2ccc3occc3c21. The highest BCUT2D eigenvalue weighted by Gasteiger charge is 2.20. The van der Waals surface area contributed by atoms with Crippen LogP contribution in [0.1, 0.15) is 5.56 Å². The first-order valence-electron chi connectivity index (χ1n) is 4.28. The summed E-state index contributed by atoms with van der Waals surface area (Å²) in [5.74, 6) is 0. The number of halogens is 1. The summed E-state index contributed by atoms with van der Waals surface area (Å²) in [6.07, 6.45) is 2.85. The topological polar surface area (TPSA) is 16.4 Å². The Morgan fingerprint density at radius 2 is 2.23 bits per heavy atom. The van der Waals surface area contributed by atoms with E-state index in [4.69, 9.17) is 4.42 Å². The predicted molar refractivity (Wildman–Crippen MR) is 56.2 cm³/mol. The zero-order valence-corrected chi connectivity index (χ0v) is 8.54. The van der Waals surface area contributed by atoms with Crippen molar-refractivity contribution in [2.24, 2.45) is 0 Å². The molecular weight excluding hydrogens is 230 g/mol. The largest absolute Gasteiger partial charge is 0.464 e. The molecule has 2 aromatic rings. The minimum absolute atomic E-state index is 0.963. The standard InChI is InChI=1S/C10H8BrNO/c11-12-5-3-7-1-2-9-8(10(7)12)4-6-13-9/h1-2,4,6H,3,5H2. The van der Waals surface area contributed by atoms with Gasteiger partial charge in [-0.1, -0.05) is 6.07 Å². The van der Waals surface area contributed by atoms with Crippen LogP contribution in [0, 0.1) is 0 Å². The average molecular weight is 238 g/mol. The molecule has 0 fully saturated rings. The van der Waals surface area contributed by atoms with Crippen LogP contribution >= 0.6 is 16.1 Å². The fraction of sp³-hybridized carbons (Fsp3) is 0.200. The Balaban J connectivity index is 2.42. The molecular formula is C10H8BrNO. The van der Waals surface area contributed by atoms with Crippen LogP contribution in [0.5, 0.6) is 0 Å². The quantitative estimate of drug-likeness (QED) is 0.655. The van der Waals surface area contributed by atoms with Crippen LogP contribution in [-0.4, -0.2) is 6.54 Å². The third-order valence-electron chi connectivity index (χ3n) is 2.51. The Labute approximate surface area is 84.5 Å². The maximum Gasteiger partial charge on any atom is 0.135 e. The number of hydrogen-bond acceptors (Lipinski definition) is 2. The molecule has 0 saturated carbocycles. The van der Waals surface area contributed by atoms with Gasteiger partial charge in [-0.3, -0.25) is 0 Å². The van der Waals surface area contributed by atoms with Gasteiger partial charge in [-0.2, -0.15) is 0 Å². The van der Waals surface area contributed by atoms with E-state index in [0.717, 1.165) is 18.5 Å². The lowest BCUT2D eigenvalue weighted by Crippen LogP contribution is -2.03. The lowest BCUT2D eigenvalue weighted by Gasteiger charge is -2.09. The fourth-order valence-corrected chi connectivity index (χ4v) is 2.49. The molecule has 0 amide bonds. The molecule has 1 aliphatic heterocycles. The molecule has 0 N–H and O–H groups in total. The molecule has 0 aliphatic carbocycles. The molecule has 2 heterocycles. The van der Waals surface area contributed by atoms with E-state index in [1.807, 2.05) is 12.1 Å². The minimum Gasteiger partial charge on any atom is -0.464 e. The monoisotopic (exact) mass is 237 g/mol. The number of rotatable bonds is 0. The summed E-state index contributed by atoms with van der Waals surface area (Å²) in [5.41, 5.74) is 3.63. The van der Waals surface area contributed by atoms with Crippen molar-refractivity contribution < 1.29 is 4.42 Å². The molecule has 3 rings (SSSR count). The highest BCUT2D eigenvalue weighted by molar-refractivity contribution is 9.10. The first-order valence-corrected chi connectivity index (χ1v) is 4.99. The van der Waals surface area contributed by atoms with Gasteiger partial charge in [0.2, 0.25) is 0 Å². The summed E-state index contributed by atoms with van der Waals surface area (Å²) in [4.78, 5) is 0. The lowest BCUT2D eigenvalue weighted by molar-refractivity contribution is 0.616. The molecule has 3 heteroatoms. The summed E-state index contributed by atoms with van der Waals surface area (Å²) < 4.78 is 7.46. The Morgan fingerprint density at radius 3 is 3.15 bits per heavy atom. The van der Waals surface area contributed by atoms with Crippen molar-refractivity contribution >= 4 is 32.8 Å². The molecule has 0 bridgehead atoms. The van der Waals surface area contributed by atoms with Crippen molar-refractivity contribution in [3.63, 3.8) is 0 Å². The Morgan fingerprint density at radius 1 is 1.31 bits per heavy atom. The van der Waals surface area contributed by atoms with Crippen molar-refractivity contribution in [1.29, 1.82) is 0 Å². The Bertz CT molecular complexity index is 463. The molecule has 0 saturated heterocycles. The van der Waals surface area contributed by atoms with Gasteiger partial charge in [0.05, 0.1) is 12.0 Å². The first kappa shape index (κ1) is 7.44. The highest BCUT2D eigenvalue weighted by atomic mass is 79.9. The summed E-state index contributed by atoms with van der Waals surface area (Å²) in [5, 5.41) is 1.20. The molecule has 1 aromatic carbocycles. The van der Waals surface area contributed by atoms with Gasteiger partial charge >= 0.3 is 0 Å². The van der Waals surface area contributed by atoms with E-state index in [1.165, 1.54) is 16.6 Å². The maximum absolute atomic E-state index is 5.34. The fourth-order valence-electron chi connectivity index (χ4n) is 1.89. The van der Waals surface area contributed by atoms with Gasteiger partial charge in [-0.05, 0) is 24.1 Å². The van der Waals surface area contributed by atoms with Gasteiger partial charge in [0.1, 0.15) is 5.58 Å². The van der Waals surface area contributed by atoms with Crippen molar-refractivity contribution in [2.45, 2.75) is 6.42 Å². The zero-order chi connectivity index (χ0) is 8.84. The van der Waals surface area contributed by atoms with Gasteiger partial charge in [0.25, 0.3) is 0 Å². The number of benzene rings is 1. The van der Waals surface area contributed by atoms with Crippen LogP contribution in [0.4, 0.5) is 5.69 Å². The molecule has 13 heavy (non-hydrogen) atoms. The van der Waals surface area contributed by atoms with Crippen LogP contribution < -0.4 is 3.93 Å². The van der Waals surface area contributed by atoms with Crippen molar-refractivity contribution in [2.75, 3.05) is 10.5 Å². The van der Waals surface area contributed by atoms with Crippen molar-refractivity contribution in [3.05, 3.63) is 30.0 Å². The third-order valence-corrected chi connectivity index (χ3v) is 3.22. The van der Waals surface area contributed by atoms with Crippen LogP contribution in [0.15, 0.2) is 28.9 Å². The van der Waals surface area contributed by atoms with E-state index >= 15 is 0 Å². The minimum atomic E-state index is 0.963. The number of furan rings is 1. The molecule has 1 aliphatic rings. The number of nitrogens with zero attached hydrogens (tertiary/aromatic N) is 1. The number of hydrogen-bond donors (Lipinski definition) is 0. The van der Waals surface area contributed by atoms with Crippen LogP contribution in [0.2, 0.25) is 0 Å². The van der Waals surface area contributed by atoms with E-state index < -0.39 is 0 Å². The smallest absolute Gasteiger partial charge is 0.135 e. The Hall–Kier alpha value is -0.960. The van der Waals surface area contributed by atoms with Crippen molar-refractivity contribution in [3.8, 4) is 0 Å². The first-order chi connectivity index (χ1) is 6.36. The summed E-state index contributed by atoms with van der Waals surface area (Å²) >= 11 is 3.53. The molecule has 66 valence electrons. The summed E-state index contributed by atoms with van der Waals surface area (Å²) in [6.45, 7) is 1.04. The Kier molecular flexibility index (Phi) is 1.44.